The number of nitrogens with zero attached hydrogens (tertiary/aromatic N) is 1. The number of unbranched alkanes of at least 4 members (excludes halogenated alkanes) is 1. The van der Waals surface area contributed by atoms with E-state index in [4.69, 9.17) is 0 Å². The van der Waals surface area contributed by atoms with E-state index in [-0.39, 0.29) is 18.3 Å². The second-order valence-corrected chi connectivity index (χ2v) is 5.72. The van der Waals surface area contributed by atoms with Crippen LogP contribution in [0.2, 0.25) is 0 Å². The van der Waals surface area contributed by atoms with Gasteiger partial charge in [0.1, 0.15) is 0 Å². The fourth-order valence-electron chi connectivity index (χ4n) is 1.77. The normalized spacial score (nSPS) is 10.2. The molecule has 0 bridgehead atoms. The van der Waals surface area contributed by atoms with E-state index in [0.717, 1.165) is 16.4 Å². The molecule has 0 saturated heterocycles. The molecule has 1 aromatic rings. The van der Waals surface area contributed by atoms with Crippen LogP contribution in [0.4, 0.5) is 0 Å². The second-order valence-electron chi connectivity index (χ2n) is 4.48. The smallest absolute Gasteiger partial charge is 0.307 e. The number of esters is 1. The molecule has 4 nitrogen and oxygen atoms in total. The Hall–Kier alpha value is -1.11. The van der Waals surface area contributed by atoms with E-state index in [9.17, 15) is 9.59 Å². The Balaban J connectivity index is 2.72. The number of halogens is 1. The second kappa shape index (κ2) is 8.94. The predicted octanol–water partition coefficient (Wildman–Crippen LogP) is 3.10. The fourth-order valence-corrected chi connectivity index (χ4v) is 2.13. The average Bonchev–Trinajstić information content (AvgIpc) is 2.47. The van der Waals surface area contributed by atoms with Gasteiger partial charge in [0.05, 0.1) is 13.5 Å². The lowest BCUT2D eigenvalue weighted by atomic mass is 10.2. The predicted molar refractivity (Wildman–Crippen MR) is 86.6 cm³/mol. The Morgan fingerprint density at radius 3 is 2.40 bits per heavy atom. The summed E-state index contributed by atoms with van der Waals surface area (Å²) in [5.74, 6) is -0.319. The van der Waals surface area contributed by atoms with Gasteiger partial charge in [0.15, 0.2) is 0 Å². The third-order valence-corrected chi connectivity index (χ3v) is 3.69. The standard InChI is InChI=1S/C15H20INO3/c1-3-4-10-17(11-9-14(18)20-2)15(19)12-5-7-13(16)8-6-12/h5-8H,3-4,9-11H2,1-2H3. The Kier molecular flexibility index (Phi) is 7.58. The number of benzene rings is 1. The van der Waals surface area contributed by atoms with Crippen LogP contribution in [0.15, 0.2) is 24.3 Å². The van der Waals surface area contributed by atoms with Gasteiger partial charge in [0, 0.05) is 22.2 Å². The third-order valence-electron chi connectivity index (χ3n) is 2.97. The molecule has 5 heteroatoms. The van der Waals surface area contributed by atoms with Crippen LogP contribution < -0.4 is 0 Å². The van der Waals surface area contributed by atoms with Gasteiger partial charge in [0.25, 0.3) is 5.91 Å². The van der Waals surface area contributed by atoms with Crippen molar-refractivity contribution in [3.8, 4) is 0 Å². The molecular formula is C15H20INO3. The van der Waals surface area contributed by atoms with E-state index < -0.39 is 0 Å². The summed E-state index contributed by atoms with van der Waals surface area (Å²) in [4.78, 5) is 25.4. The highest BCUT2D eigenvalue weighted by Gasteiger charge is 2.16. The number of rotatable bonds is 7. The summed E-state index contributed by atoms with van der Waals surface area (Å²) in [6.07, 6.45) is 2.17. The van der Waals surface area contributed by atoms with E-state index in [1.807, 2.05) is 24.3 Å². The molecule has 0 aromatic heterocycles. The zero-order chi connectivity index (χ0) is 15.0. The van der Waals surface area contributed by atoms with Crippen LogP contribution in [-0.4, -0.2) is 37.0 Å². The fraction of sp³-hybridized carbons (Fsp3) is 0.467. The summed E-state index contributed by atoms with van der Waals surface area (Å²) in [6, 6.07) is 7.46. The van der Waals surface area contributed by atoms with Gasteiger partial charge in [-0.25, -0.2) is 0 Å². The van der Waals surface area contributed by atoms with Gasteiger partial charge in [-0.3, -0.25) is 9.59 Å². The maximum Gasteiger partial charge on any atom is 0.307 e. The van der Waals surface area contributed by atoms with Gasteiger partial charge in [-0.1, -0.05) is 13.3 Å². The van der Waals surface area contributed by atoms with E-state index >= 15 is 0 Å². The van der Waals surface area contributed by atoms with Crippen LogP contribution >= 0.6 is 22.6 Å². The summed E-state index contributed by atoms with van der Waals surface area (Å²) >= 11 is 2.20. The zero-order valence-electron chi connectivity index (χ0n) is 11.9. The van der Waals surface area contributed by atoms with Crippen molar-refractivity contribution in [3.05, 3.63) is 33.4 Å². The quantitative estimate of drug-likeness (QED) is 0.532. The van der Waals surface area contributed by atoms with Gasteiger partial charge in [-0.2, -0.15) is 0 Å². The van der Waals surface area contributed by atoms with E-state index in [1.54, 1.807) is 4.90 Å². The lowest BCUT2D eigenvalue weighted by molar-refractivity contribution is -0.140. The maximum absolute atomic E-state index is 12.4. The molecule has 110 valence electrons. The minimum atomic E-state index is -0.290. The van der Waals surface area contributed by atoms with Crippen molar-refractivity contribution in [2.24, 2.45) is 0 Å². The van der Waals surface area contributed by atoms with Crippen molar-refractivity contribution < 1.29 is 14.3 Å². The number of carbonyl (C=O) groups is 2. The van der Waals surface area contributed by atoms with Gasteiger partial charge in [-0.15, -0.1) is 0 Å². The molecule has 0 spiro atoms. The van der Waals surface area contributed by atoms with Crippen molar-refractivity contribution in [3.63, 3.8) is 0 Å². The number of ether oxygens (including phenoxy) is 1. The van der Waals surface area contributed by atoms with E-state index in [2.05, 4.69) is 34.3 Å². The number of hydrogen-bond acceptors (Lipinski definition) is 3. The van der Waals surface area contributed by atoms with Crippen LogP contribution in [0.1, 0.15) is 36.5 Å². The van der Waals surface area contributed by atoms with Gasteiger partial charge >= 0.3 is 5.97 Å². The SMILES string of the molecule is CCCCN(CCC(=O)OC)C(=O)c1ccc(I)cc1. The summed E-state index contributed by atoms with van der Waals surface area (Å²) < 4.78 is 5.72. The zero-order valence-corrected chi connectivity index (χ0v) is 14.1. The highest BCUT2D eigenvalue weighted by Crippen LogP contribution is 2.11. The van der Waals surface area contributed by atoms with Crippen molar-refractivity contribution >= 4 is 34.5 Å². The molecule has 0 N–H and O–H groups in total. The topological polar surface area (TPSA) is 46.6 Å². The van der Waals surface area contributed by atoms with Crippen LogP contribution in [0, 0.1) is 3.57 Å². The first kappa shape index (κ1) is 16.9. The minimum Gasteiger partial charge on any atom is -0.469 e. The number of hydrogen-bond donors (Lipinski definition) is 0. The Bertz CT molecular complexity index is 445. The first-order valence-corrected chi connectivity index (χ1v) is 7.78. The molecule has 0 radical (unpaired) electrons. The molecular weight excluding hydrogens is 369 g/mol. The first-order valence-electron chi connectivity index (χ1n) is 6.70. The van der Waals surface area contributed by atoms with Crippen molar-refractivity contribution in [2.75, 3.05) is 20.2 Å². The number of carbonyl (C=O) groups excluding carboxylic acids is 2. The molecule has 0 aliphatic heterocycles. The van der Waals surface area contributed by atoms with E-state index in [1.165, 1.54) is 7.11 Å². The first-order chi connectivity index (χ1) is 9.58. The molecule has 0 heterocycles. The third kappa shape index (κ3) is 5.48. The molecule has 0 atom stereocenters. The molecule has 1 aromatic carbocycles. The van der Waals surface area contributed by atoms with Gasteiger partial charge in [-0.05, 0) is 53.3 Å². The summed E-state index contributed by atoms with van der Waals surface area (Å²) in [7, 11) is 1.36. The lowest BCUT2D eigenvalue weighted by Crippen LogP contribution is -2.34. The maximum atomic E-state index is 12.4. The molecule has 1 rings (SSSR count). The Morgan fingerprint density at radius 1 is 1.20 bits per heavy atom. The number of methoxy groups -OCH3 is 1. The Morgan fingerprint density at radius 2 is 1.85 bits per heavy atom. The molecule has 0 unspecified atom stereocenters. The van der Waals surface area contributed by atoms with Crippen LogP contribution in [-0.2, 0) is 9.53 Å². The van der Waals surface area contributed by atoms with Crippen molar-refractivity contribution in [2.45, 2.75) is 26.2 Å². The van der Waals surface area contributed by atoms with E-state index in [0.29, 0.717) is 18.7 Å². The largest absolute Gasteiger partial charge is 0.469 e. The van der Waals surface area contributed by atoms with Crippen LogP contribution in [0.25, 0.3) is 0 Å². The highest BCUT2D eigenvalue weighted by molar-refractivity contribution is 14.1. The van der Waals surface area contributed by atoms with Gasteiger partial charge in [0.2, 0.25) is 0 Å². The number of amides is 1. The van der Waals surface area contributed by atoms with Crippen LogP contribution in [0.5, 0.6) is 0 Å². The van der Waals surface area contributed by atoms with Crippen LogP contribution in [0.3, 0.4) is 0 Å². The molecule has 0 saturated carbocycles. The molecule has 0 aliphatic rings. The van der Waals surface area contributed by atoms with Gasteiger partial charge < -0.3 is 9.64 Å². The summed E-state index contributed by atoms with van der Waals surface area (Å²) in [5, 5.41) is 0. The monoisotopic (exact) mass is 389 g/mol. The highest BCUT2D eigenvalue weighted by atomic mass is 127. The molecule has 1 amide bonds. The van der Waals surface area contributed by atoms with Crippen molar-refractivity contribution in [1.82, 2.24) is 4.90 Å². The minimum absolute atomic E-state index is 0.0289. The average molecular weight is 389 g/mol. The Labute approximate surface area is 133 Å². The molecule has 0 fully saturated rings. The lowest BCUT2D eigenvalue weighted by Gasteiger charge is -2.22. The summed E-state index contributed by atoms with van der Waals surface area (Å²) in [5.41, 5.74) is 0.659. The molecule has 0 aliphatic carbocycles. The van der Waals surface area contributed by atoms with Crippen molar-refractivity contribution in [1.29, 1.82) is 0 Å². The molecule has 20 heavy (non-hydrogen) atoms. The summed E-state index contributed by atoms with van der Waals surface area (Å²) in [6.45, 7) is 3.14.